The molecular weight excluding hydrogens is 404 g/mol. The van der Waals surface area contributed by atoms with Crippen LogP contribution in [0.15, 0.2) is 33.9 Å². The zero-order valence-corrected chi connectivity index (χ0v) is 16.7. The highest BCUT2D eigenvalue weighted by Gasteiger charge is 2.12. The van der Waals surface area contributed by atoms with Gasteiger partial charge >= 0.3 is 0 Å². The monoisotopic (exact) mass is 418 g/mol. The van der Waals surface area contributed by atoms with Crippen molar-refractivity contribution in [3.63, 3.8) is 0 Å². The van der Waals surface area contributed by atoms with Crippen molar-refractivity contribution in [2.75, 3.05) is 11.1 Å². The Kier molecular flexibility index (Phi) is 5.41. The van der Waals surface area contributed by atoms with Crippen LogP contribution >= 0.6 is 34.4 Å². The molecule has 4 aromatic rings. The Balaban J connectivity index is 1.27. The normalized spacial score (nSPS) is 11.1. The van der Waals surface area contributed by atoms with Crippen molar-refractivity contribution in [1.82, 2.24) is 25.4 Å². The van der Waals surface area contributed by atoms with Gasteiger partial charge in [0.05, 0.1) is 21.0 Å². The van der Waals surface area contributed by atoms with Crippen molar-refractivity contribution in [2.24, 2.45) is 0 Å². The highest BCUT2D eigenvalue weighted by molar-refractivity contribution is 7.99. The van der Waals surface area contributed by atoms with Crippen molar-refractivity contribution in [3.8, 4) is 0 Å². The van der Waals surface area contributed by atoms with Gasteiger partial charge in [-0.05, 0) is 19.1 Å². The number of nitrogens with zero attached hydrogens (tertiary/aromatic N) is 5. The number of hydrogen-bond donors (Lipinski definition) is 1. The van der Waals surface area contributed by atoms with Gasteiger partial charge in [-0.1, -0.05) is 35.2 Å². The summed E-state index contributed by atoms with van der Waals surface area (Å²) in [6.45, 7) is 1.83. The van der Waals surface area contributed by atoms with Crippen molar-refractivity contribution in [3.05, 3.63) is 40.2 Å². The Morgan fingerprint density at radius 3 is 2.85 bits per heavy atom. The molecule has 0 spiro atoms. The summed E-state index contributed by atoms with van der Waals surface area (Å²) in [6.07, 6.45) is 1.35. The quantitative estimate of drug-likeness (QED) is 0.455. The van der Waals surface area contributed by atoms with Crippen LogP contribution in [0.1, 0.15) is 15.9 Å². The van der Waals surface area contributed by atoms with Gasteiger partial charge in [-0.2, -0.15) is 0 Å². The molecule has 0 unspecified atom stereocenters. The van der Waals surface area contributed by atoms with E-state index in [0.29, 0.717) is 22.7 Å². The summed E-state index contributed by atoms with van der Waals surface area (Å²) >= 11 is 4.19. The molecule has 11 heteroatoms. The first-order valence-electron chi connectivity index (χ1n) is 8.05. The molecule has 8 nitrogen and oxygen atoms in total. The van der Waals surface area contributed by atoms with E-state index in [2.05, 4.69) is 36.8 Å². The summed E-state index contributed by atoms with van der Waals surface area (Å²) < 4.78 is 6.77. The molecule has 138 valence electrons. The van der Waals surface area contributed by atoms with Gasteiger partial charge in [0.2, 0.25) is 16.9 Å². The second-order valence-corrected chi connectivity index (χ2v) is 8.72. The van der Waals surface area contributed by atoms with E-state index in [1.165, 1.54) is 27.8 Å². The van der Waals surface area contributed by atoms with Crippen LogP contribution < -0.4 is 5.32 Å². The number of rotatable bonds is 7. The van der Waals surface area contributed by atoms with E-state index in [1.807, 2.05) is 25.1 Å². The zero-order valence-electron chi connectivity index (χ0n) is 14.2. The maximum atomic E-state index is 11.9. The third-order valence-corrected chi connectivity index (χ3v) is 6.11. The molecule has 4 rings (SSSR count). The van der Waals surface area contributed by atoms with Crippen molar-refractivity contribution >= 4 is 55.7 Å². The van der Waals surface area contributed by atoms with Crippen molar-refractivity contribution < 1.29 is 9.21 Å². The Morgan fingerprint density at radius 2 is 2.04 bits per heavy atom. The number of para-hydroxylation sites is 1. The maximum Gasteiger partial charge on any atom is 0.277 e. The number of thiazole rings is 1. The predicted molar refractivity (Wildman–Crippen MR) is 105 cm³/mol. The molecule has 1 amide bonds. The van der Waals surface area contributed by atoms with Gasteiger partial charge in [0.25, 0.3) is 5.22 Å². The average Bonchev–Trinajstić information content (AvgIpc) is 3.37. The summed E-state index contributed by atoms with van der Waals surface area (Å²) in [7, 11) is 0. The molecule has 1 aromatic carbocycles. The van der Waals surface area contributed by atoms with Gasteiger partial charge in [-0.3, -0.25) is 10.1 Å². The highest BCUT2D eigenvalue weighted by atomic mass is 32.2. The number of amides is 1. The fourth-order valence-corrected chi connectivity index (χ4v) is 4.42. The lowest BCUT2D eigenvalue weighted by atomic mass is 10.3. The minimum atomic E-state index is -0.189. The molecule has 0 aliphatic carbocycles. The third kappa shape index (κ3) is 4.67. The van der Waals surface area contributed by atoms with Crippen LogP contribution in [0.25, 0.3) is 10.2 Å². The summed E-state index contributed by atoms with van der Waals surface area (Å²) in [5.74, 6) is 0.514. The van der Waals surface area contributed by atoms with Gasteiger partial charge in [0.1, 0.15) is 5.01 Å². The lowest BCUT2D eigenvalue weighted by molar-refractivity contribution is -0.113. The van der Waals surface area contributed by atoms with Crippen molar-refractivity contribution in [2.45, 2.75) is 25.0 Å². The fourth-order valence-electron chi connectivity index (χ4n) is 2.27. The van der Waals surface area contributed by atoms with E-state index in [1.54, 1.807) is 11.3 Å². The first-order valence-corrected chi connectivity index (χ1v) is 10.7. The van der Waals surface area contributed by atoms with E-state index < -0.39 is 0 Å². The number of nitrogens with one attached hydrogen (secondary N) is 1. The third-order valence-electron chi connectivity index (χ3n) is 3.44. The number of anilines is 1. The largest absolute Gasteiger partial charge is 0.416 e. The van der Waals surface area contributed by atoms with Gasteiger partial charge in [0.15, 0.2) is 0 Å². The van der Waals surface area contributed by atoms with Gasteiger partial charge < -0.3 is 4.42 Å². The molecule has 3 aromatic heterocycles. The average molecular weight is 419 g/mol. The molecule has 0 radical (unpaired) electrons. The topological polar surface area (TPSA) is 107 Å². The smallest absolute Gasteiger partial charge is 0.277 e. The molecule has 0 fully saturated rings. The van der Waals surface area contributed by atoms with Gasteiger partial charge in [-0.25, -0.2) is 4.98 Å². The lowest BCUT2D eigenvalue weighted by Crippen LogP contribution is -2.13. The lowest BCUT2D eigenvalue weighted by Gasteiger charge is -1.97. The molecular formula is C16H14N6O2S3. The SMILES string of the molecule is Cc1nnc(NC(=O)CSc2nnc(CCc3nc4ccccc4s3)o2)s1. The fraction of sp³-hybridized carbons (Fsp3) is 0.250. The summed E-state index contributed by atoms with van der Waals surface area (Å²) in [5, 5.41) is 21.1. The Hall–Kier alpha value is -2.37. The number of aromatic nitrogens is 5. The molecule has 3 heterocycles. The number of fused-ring (bicyclic) bond motifs is 1. The number of aryl methyl sites for hydroxylation is 3. The maximum absolute atomic E-state index is 11.9. The van der Waals surface area contributed by atoms with Crippen LogP contribution in [0, 0.1) is 6.92 Å². The van der Waals surface area contributed by atoms with Crippen molar-refractivity contribution in [1.29, 1.82) is 0 Å². The van der Waals surface area contributed by atoms with E-state index in [-0.39, 0.29) is 11.7 Å². The zero-order chi connectivity index (χ0) is 18.6. The molecule has 0 saturated heterocycles. The first kappa shape index (κ1) is 18.0. The Bertz CT molecular complexity index is 1040. The molecule has 0 aliphatic rings. The molecule has 27 heavy (non-hydrogen) atoms. The minimum absolute atomic E-state index is 0.165. The first-order chi connectivity index (χ1) is 13.2. The van der Waals surface area contributed by atoms with Crippen LogP contribution in [0.4, 0.5) is 5.13 Å². The predicted octanol–water partition coefficient (Wildman–Crippen LogP) is 3.36. The Labute approximate surface area is 166 Å². The second kappa shape index (κ2) is 8.11. The van der Waals surface area contributed by atoms with E-state index >= 15 is 0 Å². The standard InChI is InChI=1S/C16H14N6O2S3/c1-9-19-21-15(26-9)18-12(23)8-25-16-22-20-13(24-16)6-7-14-17-10-4-2-3-5-11(10)27-14/h2-5H,6-8H2,1H3,(H,18,21,23). The number of thioether (sulfide) groups is 1. The second-order valence-electron chi connectivity index (χ2n) is 5.50. The van der Waals surface area contributed by atoms with Crippen LogP contribution in [-0.4, -0.2) is 37.0 Å². The number of carbonyl (C=O) groups excluding carboxylic acids is 1. The van der Waals surface area contributed by atoms with Gasteiger partial charge in [0, 0.05) is 12.8 Å². The molecule has 1 N–H and O–H groups in total. The molecule has 0 bridgehead atoms. The van der Waals surface area contributed by atoms with Crippen LogP contribution in [0.3, 0.4) is 0 Å². The summed E-state index contributed by atoms with van der Waals surface area (Å²) in [5.41, 5.74) is 1.01. The van der Waals surface area contributed by atoms with Crippen LogP contribution in [0.2, 0.25) is 0 Å². The van der Waals surface area contributed by atoms with E-state index in [9.17, 15) is 4.79 Å². The summed E-state index contributed by atoms with van der Waals surface area (Å²) in [4.78, 5) is 16.5. The van der Waals surface area contributed by atoms with Gasteiger partial charge in [-0.15, -0.1) is 31.7 Å². The Morgan fingerprint density at radius 1 is 1.15 bits per heavy atom. The van der Waals surface area contributed by atoms with Crippen LogP contribution in [0.5, 0.6) is 0 Å². The molecule has 0 atom stereocenters. The molecule has 0 saturated carbocycles. The summed E-state index contributed by atoms with van der Waals surface area (Å²) in [6, 6.07) is 8.06. The van der Waals surface area contributed by atoms with E-state index in [4.69, 9.17) is 4.42 Å². The number of hydrogen-bond acceptors (Lipinski definition) is 10. The number of carbonyl (C=O) groups is 1. The highest BCUT2D eigenvalue weighted by Crippen LogP contribution is 2.23. The van der Waals surface area contributed by atoms with Crippen LogP contribution in [-0.2, 0) is 17.6 Å². The minimum Gasteiger partial charge on any atom is -0.416 e. The van der Waals surface area contributed by atoms with E-state index in [0.717, 1.165) is 22.0 Å². The number of benzene rings is 1. The molecule has 0 aliphatic heterocycles.